The van der Waals surface area contributed by atoms with E-state index in [1.807, 2.05) is 13.2 Å². The smallest absolute Gasteiger partial charge is 0.251 e. The molecule has 3 rings (SSSR count). The quantitative estimate of drug-likeness (QED) is 0.905. The van der Waals surface area contributed by atoms with Crippen molar-refractivity contribution in [2.75, 3.05) is 0 Å². The molecule has 1 aliphatic carbocycles. The number of rotatable bonds is 4. The van der Waals surface area contributed by atoms with Gasteiger partial charge in [0.15, 0.2) is 0 Å². The summed E-state index contributed by atoms with van der Waals surface area (Å²) in [5.41, 5.74) is 1.32. The van der Waals surface area contributed by atoms with Gasteiger partial charge in [0.25, 0.3) is 5.91 Å². The second-order valence-electron chi connectivity index (χ2n) is 5.79. The Balaban J connectivity index is 1.77. The summed E-state index contributed by atoms with van der Waals surface area (Å²) in [7, 11) is 1.82. The molecule has 1 saturated carbocycles. The van der Waals surface area contributed by atoms with Crippen molar-refractivity contribution in [1.82, 2.24) is 15.1 Å². The molecule has 1 amide bonds. The number of carbonyl (C=O) groups excluding carboxylic acids is 1. The highest BCUT2D eigenvalue weighted by Gasteiger charge is 2.36. The fourth-order valence-electron chi connectivity index (χ4n) is 2.80. The lowest BCUT2D eigenvalue weighted by molar-refractivity contribution is 0.0235. The summed E-state index contributed by atoms with van der Waals surface area (Å²) in [5.74, 6) is -0.443. The van der Waals surface area contributed by atoms with Crippen molar-refractivity contribution in [1.29, 1.82) is 0 Å². The van der Waals surface area contributed by atoms with Gasteiger partial charge in [0.05, 0.1) is 18.3 Å². The molecule has 2 aromatic rings. The van der Waals surface area contributed by atoms with Gasteiger partial charge in [0.2, 0.25) is 0 Å². The Hall–Kier alpha value is -2.21. The summed E-state index contributed by atoms with van der Waals surface area (Å²) in [6, 6.07) is 5.25. The van der Waals surface area contributed by atoms with E-state index >= 15 is 0 Å². The Morgan fingerprint density at radius 3 is 2.64 bits per heavy atom. The molecule has 2 N–H and O–H groups in total. The first-order valence-corrected chi connectivity index (χ1v) is 7.26. The van der Waals surface area contributed by atoms with Gasteiger partial charge >= 0.3 is 0 Å². The van der Waals surface area contributed by atoms with Gasteiger partial charge in [0, 0.05) is 24.4 Å². The number of aliphatic hydroxyl groups is 1. The van der Waals surface area contributed by atoms with E-state index in [4.69, 9.17) is 0 Å². The summed E-state index contributed by atoms with van der Waals surface area (Å²) in [4.78, 5) is 12.3. The highest BCUT2D eigenvalue weighted by Crippen LogP contribution is 2.38. The van der Waals surface area contributed by atoms with E-state index in [2.05, 4.69) is 10.4 Å². The van der Waals surface area contributed by atoms with Gasteiger partial charge in [-0.2, -0.15) is 5.10 Å². The first-order valence-electron chi connectivity index (χ1n) is 7.26. The van der Waals surface area contributed by atoms with Crippen LogP contribution in [-0.2, 0) is 7.05 Å². The van der Waals surface area contributed by atoms with E-state index in [1.54, 1.807) is 10.9 Å². The van der Waals surface area contributed by atoms with Crippen LogP contribution in [0.15, 0.2) is 36.7 Å². The summed E-state index contributed by atoms with van der Waals surface area (Å²) in [5, 5.41) is 16.6. The van der Waals surface area contributed by atoms with Gasteiger partial charge in [0.1, 0.15) is 5.82 Å². The predicted molar refractivity (Wildman–Crippen MR) is 78.5 cm³/mol. The standard InChI is InChI=1S/C16H18FN3O2/c1-20-9-12(8-18-20)15(11-6-14(21)7-11)19-16(22)10-2-4-13(17)5-3-10/h2-5,8-9,11,14-15,21H,6-7H2,1H3,(H,19,22). The second kappa shape index (κ2) is 5.88. The number of hydrogen-bond donors (Lipinski definition) is 2. The Bertz CT molecular complexity index is 662. The lowest BCUT2D eigenvalue weighted by Gasteiger charge is -2.37. The molecular weight excluding hydrogens is 285 g/mol. The number of hydrogen-bond acceptors (Lipinski definition) is 3. The Labute approximate surface area is 127 Å². The van der Waals surface area contributed by atoms with Crippen LogP contribution in [0.1, 0.15) is 34.8 Å². The van der Waals surface area contributed by atoms with Crippen LogP contribution in [0.2, 0.25) is 0 Å². The number of aliphatic hydroxyl groups excluding tert-OH is 1. The van der Waals surface area contributed by atoms with E-state index in [0.29, 0.717) is 18.4 Å². The molecule has 1 atom stereocenters. The number of aryl methyl sites for hydroxylation is 1. The number of carbonyl (C=O) groups is 1. The minimum absolute atomic E-state index is 0.184. The maximum Gasteiger partial charge on any atom is 0.251 e. The van der Waals surface area contributed by atoms with E-state index in [-0.39, 0.29) is 29.8 Å². The second-order valence-corrected chi connectivity index (χ2v) is 5.79. The van der Waals surface area contributed by atoms with Crippen LogP contribution in [0.4, 0.5) is 4.39 Å². The monoisotopic (exact) mass is 303 g/mol. The molecule has 0 aliphatic heterocycles. The van der Waals surface area contributed by atoms with E-state index in [9.17, 15) is 14.3 Å². The highest BCUT2D eigenvalue weighted by atomic mass is 19.1. The molecule has 0 radical (unpaired) electrons. The molecular formula is C16H18FN3O2. The number of amides is 1. The zero-order chi connectivity index (χ0) is 15.7. The van der Waals surface area contributed by atoms with Crippen LogP contribution in [0.3, 0.4) is 0 Å². The van der Waals surface area contributed by atoms with Crippen molar-refractivity contribution in [3.63, 3.8) is 0 Å². The lowest BCUT2D eigenvalue weighted by Crippen LogP contribution is -2.41. The van der Waals surface area contributed by atoms with Crippen LogP contribution < -0.4 is 5.32 Å². The summed E-state index contributed by atoms with van der Waals surface area (Å²) < 4.78 is 14.6. The van der Waals surface area contributed by atoms with E-state index in [1.165, 1.54) is 24.3 Å². The maximum absolute atomic E-state index is 12.9. The van der Waals surface area contributed by atoms with E-state index < -0.39 is 0 Å². The van der Waals surface area contributed by atoms with Gasteiger partial charge < -0.3 is 10.4 Å². The zero-order valence-electron chi connectivity index (χ0n) is 12.2. The fourth-order valence-corrected chi connectivity index (χ4v) is 2.80. The molecule has 0 saturated heterocycles. The summed E-state index contributed by atoms with van der Waals surface area (Å²) >= 11 is 0. The first-order chi connectivity index (χ1) is 10.5. The molecule has 0 spiro atoms. The third-order valence-electron chi connectivity index (χ3n) is 4.10. The summed E-state index contributed by atoms with van der Waals surface area (Å²) in [6.07, 6.45) is 4.60. The number of aromatic nitrogens is 2. The molecule has 5 nitrogen and oxygen atoms in total. The van der Waals surface area contributed by atoms with Crippen LogP contribution >= 0.6 is 0 Å². The predicted octanol–water partition coefficient (Wildman–Crippen LogP) is 1.80. The lowest BCUT2D eigenvalue weighted by atomic mass is 9.75. The average Bonchev–Trinajstić information content (AvgIpc) is 2.89. The highest BCUT2D eigenvalue weighted by molar-refractivity contribution is 5.94. The van der Waals surface area contributed by atoms with E-state index in [0.717, 1.165) is 5.56 Å². The van der Waals surface area contributed by atoms with Crippen molar-refractivity contribution >= 4 is 5.91 Å². The normalized spacial score (nSPS) is 22.0. The first kappa shape index (κ1) is 14.7. The third kappa shape index (κ3) is 3.01. The number of nitrogens with zero attached hydrogens (tertiary/aromatic N) is 2. The zero-order valence-corrected chi connectivity index (χ0v) is 12.2. The molecule has 116 valence electrons. The minimum atomic E-state index is -0.373. The Morgan fingerprint density at radius 2 is 2.09 bits per heavy atom. The van der Waals surface area contributed by atoms with Crippen LogP contribution in [0.25, 0.3) is 0 Å². The van der Waals surface area contributed by atoms with Gasteiger partial charge in [-0.3, -0.25) is 9.48 Å². The maximum atomic E-state index is 12.9. The van der Waals surface area contributed by atoms with Crippen LogP contribution in [0, 0.1) is 11.7 Å². The van der Waals surface area contributed by atoms with Gasteiger partial charge in [-0.05, 0) is 43.0 Å². The minimum Gasteiger partial charge on any atom is -0.393 e. The Morgan fingerprint density at radius 1 is 1.41 bits per heavy atom. The fraction of sp³-hybridized carbons (Fsp3) is 0.375. The van der Waals surface area contributed by atoms with Crippen molar-refractivity contribution in [3.8, 4) is 0 Å². The summed E-state index contributed by atoms with van der Waals surface area (Å²) in [6.45, 7) is 0. The molecule has 1 heterocycles. The molecule has 22 heavy (non-hydrogen) atoms. The largest absolute Gasteiger partial charge is 0.393 e. The topological polar surface area (TPSA) is 67.2 Å². The molecule has 1 fully saturated rings. The van der Waals surface area contributed by atoms with Crippen molar-refractivity contribution in [2.24, 2.45) is 13.0 Å². The van der Waals surface area contributed by atoms with Crippen LogP contribution in [-0.4, -0.2) is 26.9 Å². The van der Waals surface area contributed by atoms with Crippen molar-refractivity contribution < 1.29 is 14.3 Å². The number of nitrogens with one attached hydrogen (secondary N) is 1. The van der Waals surface area contributed by atoms with Gasteiger partial charge in [-0.25, -0.2) is 4.39 Å². The number of halogens is 1. The van der Waals surface area contributed by atoms with Crippen molar-refractivity contribution in [3.05, 3.63) is 53.6 Å². The molecule has 1 aromatic carbocycles. The molecule has 6 heteroatoms. The average molecular weight is 303 g/mol. The van der Waals surface area contributed by atoms with Crippen LogP contribution in [0.5, 0.6) is 0 Å². The molecule has 1 unspecified atom stereocenters. The molecule has 0 bridgehead atoms. The number of benzene rings is 1. The van der Waals surface area contributed by atoms with Gasteiger partial charge in [-0.15, -0.1) is 0 Å². The molecule has 1 aliphatic rings. The molecule has 1 aromatic heterocycles. The Kier molecular flexibility index (Phi) is 3.94. The third-order valence-corrected chi connectivity index (χ3v) is 4.10. The SMILES string of the molecule is Cn1cc(C(NC(=O)c2ccc(F)cc2)C2CC(O)C2)cn1. The van der Waals surface area contributed by atoms with Gasteiger partial charge in [-0.1, -0.05) is 0 Å². The van der Waals surface area contributed by atoms with Crippen molar-refractivity contribution in [2.45, 2.75) is 25.0 Å².